The van der Waals surface area contributed by atoms with E-state index in [9.17, 15) is 9.59 Å². The maximum atomic E-state index is 12.3. The Hall–Kier alpha value is -2.31. The predicted molar refractivity (Wildman–Crippen MR) is 95.6 cm³/mol. The Balaban J connectivity index is 1.62. The molecule has 2 aliphatic rings. The number of aromatic nitrogens is 1. The molecule has 2 aliphatic heterocycles. The molecule has 0 saturated carbocycles. The van der Waals surface area contributed by atoms with Crippen LogP contribution in [0.1, 0.15) is 52.3 Å². The number of rotatable bonds is 2. The van der Waals surface area contributed by atoms with Crippen molar-refractivity contribution >= 4 is 12.0 Å². The second-order valence-electron chi connectivity index (χ2n) is 8.11. The lowest BCUT2D eigenvalue weighted by molar-refractivity contribution is -0.129. The molecular formula is C19H27N3O4. The van der Waals surface area contributed by atoms with Crippen LogP contribution in [0.5, 0.6) is 5.75 Å². The summed E-state index contributed by atoms with van der Waals surface area (Å²) in [5.74, 6) is 0.723. The van der Waals surface area contributed by atoms with Gasteiger partial charge < -0.3 is 19.3 Å². The molecule has 3 heterocycles. The first-order chi connectivity index (χ1) is 12.1. The highest BCUT2D eigenvalue weighted by Gasteiger charge is 2.36. The van der Waals surface area contributed by atoms with Gasteiger partial charge in [-0.2, -0.15) is 0 Å². The molecule has 7 heteroatoms. The SMILES string of the molecule is CC(=O)N1Cc2cc(OC3CC(C)N(C(=O)OC(C)(C)C)C3)cnc2C1. The first kappa shape index (κ1) is 18.5. The maximum absolute atomic E-state index is 12.3. The molecular weight excluding hydrogens is 334 g/mol. The first-order valence-corrected chi connectivity index (χ1v) is 9.02. The molecule has 0 radical (unpaired) electrons. The van der Waals surface area contributed by atoms with Gasteiger partial charge in [-0.05, 0) is 39.3 Å². The van der Waals surface area contributed by atoms with Crippen LogP contribution in [-0.2, 0) is 22.6 Å². The van der Waals surface area contributed by atoms with E-state index < -0.39 is 5.60 Å². The standard InChI is InChI=1S/C19H27N3O4/c1-12-6-16(10-22(12)18(24)26-19(3,4)5)25-15-7-14-9-21(13(2)23)11-17(14)20-8-15/h7-8,12,16H,6,9-11H2,1-5H3. The van der Waals surface area contributed by atoms with Gasteiger partial charge in [-0.15, -0.1) is 0 Å². The minimum atomic E-state index is -0.512. The molecule has 0 aliphatic carbocycles. The zero-order valence-corrected chi connectivity index (χ0v) is 16.1. The highest BCUT2D eigenvalue weighted by atomic mass is 16.6. The molecule has 0 spiro atoms. The van der Waals surface area contributed by atoms with Gasteiger partial charge in [0.25, 0.3) is 0 Å². The van der Waals surface area contributed by atoms with Gasteiger partial charge in [-0.25, -0.2) is 4.79 Å². The van der Waals surface area contributed by atoms with E-state index in [1.807, 2.05) is 33.8 Å². The average molecular weight is 361 g/mol. The van der Waals surface area contributed by atoms with Crippen LogP contribution in [0.25, 0.3) is 0 Å². The van der Waals surface area contributed by atoms with E-state index in [1.165, 1.54) is 0 Å². The third-order valence-corrected chi connectivity index (χ3v) is 4.65. The summed E-state index contributed by atoms with van der Waals surface area (Å²) in [6.45, 7) is 10.8. The third kappa shape index (κ3) is 4.08. The number of ether oxygens (including phenoxy) is 2. The number of carbonyl (C=O) groups excluding carboxylic acids is 2. The van der Waals surface area contributed by atoms with Gasteiger partial charge in [-0.3, -0.25) is 9.78 Å². The van der Waals surface area contributed by atoms with Crippen molar-refractivity contribution in [2.24, 2.45) is 0 Å². The fourth-order valence-electron chi connectivity index (χ4n) is 3.36. The summed E-state index contributed by atoms with van der Waals surface area (Å²) < 4.78 is 11.5. The number of amides is 2. The van der Waals surface area contributed by atoms with E-state index in [2.05, 4.69) is 4.98 Å². The Kier molecular flexibility index (Phi) is 4.82. The number of hydrogen-bond acceptors (Lipinski definition) is 5. The zero-order chi connectivity index (χ0) is 19.1. The number of pyridine rings is 1. The summed E-state index contributed by atoms with van der Waals surface area (Å²) in [4.78, 5) is 31.8. The molecule has 7 nitrogen and oxygen atoms in total. The van der Waals surface area contributed by atoms with Gasteiger partial charge in [0.05, 0.1) is 25.0 Å². The van der Waals surface area contributed by atoms with E-state index in [0.717, 1.165) is 17.7 Å². The van der Waals surface area contributed by atoms with E-state index in [0.29, 0.717) is 25.4 Å². The topological polar surface area (TPSA) is 72.0 Å². The fourth-order valence-corrected chi connectivity index (χ4v) is 3.36. The van der Waals surface area contributed by atoms with Crippen LogP contribution in [-0.4, -0.2) is 51.1 Å². The minimum Gasteiger partial charge on any atom is -0.487 e. The third-order valence-electron chi connectivity index (χ3n) is 4.65. The van der Waals surface area contributed by atoms with Crippen molar-refractivity contribution in [1.82, 2.24) is 14.8 Å². The number of fused-ring (bicyclic) bond motifs is 1. The van der Waals surface area contributed by atoms with Gasteiger partial charge in [-0.1, -0.05) is 0 Å². The van der Waals surface area contributed by atoms with Gasteiger partial charge in [0.1, 0.15) is 17.5 Å². The normalized spacial score (nSPS) is 22.3. The number of hydrogen-bond donors (Lipinski definition) is 0. The quantitative estimate of drug-likeness (QED) is 0.810. The Morgan fingerprint density at radius 1 is 1.27 bits per heavy atom. The Morgan fingerprint density at radius 2 is 2.00 bits per heavy atom. The number of carbonyl (C=O) groups is 2. The summed E-state index contributed by atoms with van der Waals surface area (Å²) in [5.41, 5.74) is 1.43. The molecule has 3 rings (SSSR count). The molecule has 0 aromatic carbocycles. The lowest BCUT2D eigenvalue weighted by atomic mass is 10.2. The van der Waals surface area contributed by atoms with Crippen LogP contribution in [0.3, 0.4) is 0 Å². The zero-order valence-electron chi connectivity index (χ0n) is 16.1. The highest BCUT2D eigenvalue weighted by Crippen LogP contribution is 2.28. The molecule has 0 bridgehead atoms. The van der Waals surface area contributed by atoms with Crippen molar-refractivity contribution in [3.8, 4) is 5.75 Å². The van der Waals surface area contributed by atoms with E-state index in [4.69, 9.17) is 9.47 Å². The van der Waals surface area contributed by atoms with Crippen molar-refractivity contribution in [1.29, 1.82) is 0 Å². The first-order valence-electron chi connectivity index (χ1n) is 9.02. The van der Waals surface area contributed by atoms with Crippen molar-refractivity contribution in [2.45, 2.75) is 71.9 Å². The number of likely N-dealkylation sites (tertiary alicyclic amines) is 1. The molecule has 1 aromatic rings. The second kappa shape index (κ2) is 6.78. The largest absolute Gasteiger partial charge is 0.487 e. The molecule has 2 unspecified atom stereocenters. The van der Waals surface area contributed by atoms with Gasteiger partial charge in [0.2, 0.25) is 5.91 Å². The minimum absolute atomic E-state index is 0.0445. The van der Waals surface area contributed by atoms with Crippen LogP contribution in [0.15, 0.2) is 12.3 Å². The van der Waals surface area contributed by atoms with Crippen molar-refractivity contribution in [3.63, 3.8) is 0 Å². The average Bonchev–Trinajstić information content (AvgIpc) is 3.08. The van der Waals surface area contributed by atoms with E-state index >= 15 is 0 Å². The lowest BCUT2D eigenvalue weighted by Gasteiger charge is -2.26. The maximum Gasteiger partial charge on any atom is 0.410 e. The van der Waals surface area contributed by atoms with Crippen molar-refractivity contribution in [3.05, 3.63) is 23.5 Å². The van der Waals surface area contributed by atoms with Gasteiger partial charge in [0.15, 0.2) is 0 Å². The molecule has 142 valence electrons. The van der Waals surface area contributed by atoms with Crippen LogP contribution >= 0.6 is 0 Å². The summed E-state index contributed by atoms with van der Waals surface area (Å²) >= 11 is 0. The summed E-state index contributed by atoms with van der Waals surface area (Å²) in [6.07, 6.45) is 2.04. The molecule has 1 fully saturated rings. The fraction of sp³-hybridized carbons (Fsp3) is 0.632. The predicted octanol–water partition coefficient (Wildman–Crippen LogP) is 2.72. The van der Waals surface area contributed by atoms with Crippen LogP contribution < -0.4 is 4.74 Å². The molecule has 1 aromatic heterocycles. The lowest BCUT2D eigenvalue weighted by Crippen LogP contribution is -2.39. The Morgan fingerprint density at radius 3 is 2.65 bits per heavy atom. The molecule has 26 heavy (non-hydrogen) atoms. The van der Waals surface area contributed by atoms with Crippen molar-refractivity contribution in [2.75, 3.05) is 6.54 Å². The van der Waals surface area contributed by atoms with Crippen LogP contribution in [0.4, 0.5) is 4.79 Å². The van der Waals surface area contributed by atoms with Crippen LogP contribution in [0, 0.1) is 0 Å². The summed E-state index contributed by atoms with van der Waals surface area (Å²) in [5, 5.41) is 0. The Labute approximate surface area is 154 Å². The summed E-state index contributed by atoms with van der Waals surface area (Å²) in [7, 11) is 0. The van der Waals surface area contributed by atoms with E-state index in [-0.39, 0.29) is 24.1 Å². The molecule has 0 N–H and O–H groups in total. The smallest absolute Gasteiger partial charge is 0.410 e. The second-order valence-corrected chi connectivity index (χ2v) is 8.11. The monoisotopic (exact) mass is 361 g/mol. The Bertz CT molecular complexity index is 713. The molecule has 2 amide bonds. The number of nitrogens with zero attached hydrogens (tertiary/aromatic N) is 3. The molecule has 1 saturated heterocycles. The summed E-state index contributed by atoms with van der Waals surface area (Å²) in [6, 6.07) is 2.01. The highest BCUT2D eigenvalue weighted by molar-refractivity contribution is 5.74. The van der Waals surface area contributed by atoms with E-state index in [1.54, 1.807) is 22.9 Å². The van der Waals surface area contributed by atoms with Gasteiger partial charge >= 0.3 is 6.09 Å². The molecule has 2 atom stereocenters. The van der Waals surface area contributed by atoms with Crippen LogP contribution in [0.2, 0.25) is 0 Å². The van der Waals surface area contributed by atoms with Crippen molar-refractivity contribution < 1.29 is 19.1 Å². The van der Waals surface area contributed by atoms with Gasteiger partial charge in [0, 0.05) is 25.9 Å².